The Morgan fingerprint density at radius 1 is 1.29 bits per heavy atom. The first kappa shape index (κ1) is 20.4. The van der Waals surface area contributed by atoms with Gasteiger partial charge in [-0.3, -0.25) is 9.79 Å². The van der Waals surface area contributed by atoms with Crippen LogP contribution in [0.15, 0.2) is 27.7 Å². The van der Waals surface area contributed by atoms with Gasteiger partial charge in [0.05, 0.1) is 0 Å². The van der Waals surface area contributed by atoms with E-state index in [4.69, 9.17) is 4.74 Å². The number of halogens is 1. The molecule has 24 heavy (non-hydrogen) atoms. The van der Waals surface area contributed by atoms with Gasteiger partial charge in [0.25, 0.3) is 0 Å². The van der Waals surface area contributed by atoms with E-state index in [1.165, 1.54) is 0 Å². The van der Waals surface area contributed by atoms with Crippen LogP contribution >= 0.6 is 15.9 Å². The first-order chi connectivity index (χ1) is 11.6. The van der Waals surface area contributed by atoms with Gasteiger partial charge in [-0.25, -0.2) is 0 Å². The molecule has 134 valence electrons. The van der Waals surface area contributed by atoms with Gasteiger partial charge in [-0.1, -0.05) is 15.9 Å². The number of nitrogens with one attached hydrogen (secondary N) is 3. The Kier molecular flexibility index (Phi) is 10.1. The summed E-state index contributed by atoms with van der Waals surface area (Å²) in [5.41, 5.74) is 1.86. The van der Waals surface area contributed by atoms with Gasteiger partial charge < -0.3 is 20.7 Å². The third-order valence-electron chi connectivity index (χ3n) is 3.29. The molecule has 3 N–H and O–H groups in total. The molecule has 0 saturated carbocycles. The zero-order valence-electron chi connectivity index (χ0n) is 14.6. The highest BCUT2D eigenvalue weighted by Gasteiger charge is 2.05. The van der Waals surface area contributed by atoms with Crippen molar-refractivity contribution in [1.82, 2.24) is 10.6 Å². The predicted octanol–water partition coefficient (Wildman–Crippen LogP) is 2.68. The van der Waals surface area contributed by atoms with Gasteiger partial charge in [0.15, 0.2) is 5.96 Å². The molecule has 0 saturated heterocycles. The standard InChI is InChI=1S/C17H27BrN4O2/c1-4-24-11-5-9-20-17(19-3)21-10-8-16(23)22-15-7-6-14(18)12-13(15)2/h6-7,12H,4-5,8-11H2,1-3H3,(H,22,23)(H2,19,20,21). The van der Waals surface area contributed by atoms with Crippen molar-refractivity contribution in [2.24, 2.45) is 4.99 Å². The highest BCUT2D eigenvalue weighted by atomic mass is 79.9. The molecule has 0 aromatic heterocycles. The maximum absolute atomic E-state index is 12.0. The van der Waals surface area contributed by atoms with Crippen molar-refractivity contribution in [2.75, 3.05) is 38.7 Å². The fourth-order valence-corrected chi connectivity index (χ4v) is 2.50. The largest absolute Gasteiger partial charge is 0.382 e. The van der Waals surface area contributed by atoms with Crippen molar-refractivity contribution in [2.45, 2.75) is 26.7 Å². The smallest absolute Gasteiger partial charge is 0.226 e. The molecule has 0 unspecified atom stereocenters. The van der Waals surface area contributed by atoms with Crippen LogP contribution in [0.5, 0.6) is 0 Å². The molecule has 0 fully saturated rings. The second-order valence-corrected chi connectivity index (χ2v) is 6.15. The van der Waals surface area contributed by atoms with Gasteiger partial charge in [-0.05, 0) is 44.0 Å². The van der Waals surface area contributed by atoms with Crippen LogP contribution < -0.4 is 16.0 Å². The van der Waals surface area contributed by atoms with Crippen LogP contribution in [0.2, 0.25) is 0 Å². The van der Waals surface area contributed by atoms with Crippen LogP contribution in [-0.2, 0) is 9.53 Å². The van der Waals surface area contributed by atoms with Gasteiger partial charge in [0.1, 0.15) is 0 Å². The molecule has 1 aromatic carbocycles. The minimum absolute atomic E-state index is 0.0280. The number of anilines is 1. The predicted molar refractivity (Wildman–Crippen MR) is 103 cm³/mol. The minimum Gasteiger partial charge on any atom is -0.382 e. The number of nitrogens with zero attached hydrogens (tertiary/aromatic N) is 1. The summed E-state index contributed by atoms with van der Waals surface area (Å²) in [5.74, 6) is 0.666. The number of guanidine groups is 1. The molecule has 0 aliphatic heterocycles. The topological polar surface area (TPSA) is 74.8 Å². The average Bonchev–Trinajstić information content (AvgIpc) is 2.55. The summed E-state index contributed by atoms with van der Waals surface area (Å²) in [6.07, 6.45) is 1.28. The molecule has 0 heterocycles. The lowest BCUT2D eigenvalue weighted by molar-refractivity contribution is -0.116. The average molecular weight is 399 g/mol. The molecule has 0 atom stereocenters. The van der Waals surface area contributed by atoms with E-state index in [0.29, 0.717) is 18.9 Å². The van der Waals surface area contributed by atoms with E-state index in [-0.39, 0.29) is 5.91 Å². The van der Waals surface area contributed by atoms with Crippen molar-refractivity contribution < 1.29 is 9.53 Å². The SMILES string of the molecule is CCOCCCNC(=NC)NCCC(=O)Nc1ccc(Br)cc1C. The molecule has 0 spiro atoms. The summed E-state index contributed by atoms with van der Waals surface area (Å²) in [7, 11) is 1.71. The number of amides is 1. The lowest BCUT2D eigenvalue weighted by Gasteiger charge is -2.12. The Hall–Kier alpha value is -1.60. The van der Waals surface area contributed by atoms with Crippen LogP contribution in [0.4, 0.5) is 5.69 Å². The molecule has 0 aliphatic carbocycles. The number of carbonyl (C=O) groups is 1. The van der Waals surface area contributed by atoms with E-state index in [1.54, 1.807) is 7.05 Å². The normalized spacial score (nSPS) is 11.2. The Morgan fingerprint density at radius 3 is 2.71 bits per heavy atom. The van der Waals surface area contributed by atoms with Crippen molar-refractivity contribution in [3.63, 3.8) is 0 Å². The first-order valence-electron chi connectivity index (χ1n) is 8.15. The Bertz CT molecular complexity index is 549. The monoisotopic (exact) mass is 398 g/mol. The number of hydrogen-bond donors (Lipinski definition) is 3. The molecule has 1 aromatic rings. The zero-order chi connectivity index (χ0) is 17.8. The van der Waals surface area contributed by atoms with Crippen molar-refractivity contribution in [3.8, 4) is 0 Å². The quantitative estimate of drug-likeness (QED) is 0.339. The second kappa shape index (κ2) is 11.9. The van der Waals surface area contributed by atoms with E-state index in [0.717, 1.165) is 41.9 Å². The van der Waals surface area contributed by atoms with Crippen LogP contribution in [0.25, 0.3) is 0 Å². The Morgan fingerprint density at radius 2 is 2.04 bits per heavy atom. The molecule has 1 amide bonds. The van der Waals surface area contributed by atoms with Crippen LogP contribution in [-0.4, -0.2) is 45.2 Å². The molecular weight excluding hydrogens is 372 g/mol. The second-order valence-electron chi connectivity index (χ2n) is 5.23. The fourth-order valence-electron chi connectivity index (χ4n) is 2.02. The summed E-state index contributed by atoms with van der Waals surface area (Å²) < 4.78 is 6.28. The molecule has 6 nitrogen and oxygen atoms in total. The van der Waals surface area contributed by atoms with E-state index in [9.17, 15) is 4.79 Å². The fraction of sp³-hybridized carbons (Fsp3) is 0.529. The summed E-state index contributed by atoms with van der Waals surface area (Å²) in [6, 6.07) is 5.78. The van der Waals surface area contributed by atoms with Gasteiger partial charge in [-0.2, -0.15) is 0 Å². The van der Waals surface area contributed by atoms with Crippen molar-refractivity contribution in [1.29, 1.82) is 0 Å². The molecule has 0 radical (unpaired) electrons. The number of carbonyl (C=O) groups excluding carboxylic acids is 1. The lowest BCUT2D eigenvalue weighted by Crippen LogP contribution is -2.39. The van der Waals surface area contributed by atoms with E-state index >= 15 is 0 Å². The molecule has 7 heteroatoms. The molecule has 1 rings (SSSR count). The number of aryl methyl sites for hydroxylation is 1. The molecular formula is C17H27BrN4O2. The van der Waals surface area contributed by atoms with Gasteiger partial charge in [-0.15, -0.1) is 0 Å². The maximum atomic E-state index is 12.0. The number of rotatable bonds is 9. The molecule has 0 aliphatic rings. The summed E-state index contributed by atoms with van der Waals surface area (Å²) in [4.78, 5) is 16.1. The van der Waals surface area contributed by atoms with Gasteiger partial charge >= 0.3 is 0 Å². The van der Waals surface area contributed by atoms with E-state index < -0.39 is 0 Å². The van der Waals surface area contributed by atoms with Crippen LogP contribution in [0.3, 0.4) is 0 Å². The highest BCUT2D eigenvalue weighted by Crippen LogP contribution is 2.19. The molecule has 0 bridgehead atoms. The van der Waals surface area contributed by atoms with Gasteiger partial charge in [0, 0.05) is 49.9 Å². The van der Waals surface area contributed by atoms with E-state index in [2.05, 4.69) is 36.9 Å². The number of ether oxygens (including phenoxy) is 1. The number of benzene rings is 1. The third kappa shape index (κ3) is 8.31. The zero-order valence-corrected chi connectivity index (χ0v) is 16.2. The third-order valence-corrected chi connectivity index (χ3v) is 3.79. The maximum Gasteiger partial charge on any atom is 0.226 e. The number of aliphatic imine (C=N–C) groups is 1. The minimum atomic E-state index is -0.0280. The number of hydrogen-bond acceptors (Lipinski definition) is 3. The van der Waals surface area contributed by atoms with E-state index in [1.807, 2.05) is 32.0 Å². The summed E-state index contributed by atoms with van der Waals surface area (Å²) in [6.45, 7) is 6.72. The lowest BCUT2D eigenvalue weighted by atomic mass is 10.2. The van der Waals surface area contributed by atoms with Crippen LogP contribution in [0, 0.1) is 6.92 Å². The van der Waals surface area contributed by atoms with Gasteiger partial charge in [0.2, 0.25) is 5.91 Å². The first-order valence-corrected chi connectivity index (χ1v) is 8.94. The highest BCUT2D eigenvalue weighted by molar-refractivity contribution is 9.10. The summed E-state index contributed by atoms with van der Waals surface area (Å²) >= 11 is 3.41. The Balaban J connectivity index is 2.26. The van der Waals surface area contributed by atoms with Crippen LogP contribution in [0.1, 0.15) is 25.3 Å². The summed E-state index contributed by atoms with van der Waals surface area (Å²) in [5, 5.41) is 9.24. The Labute approximate surface area is 152 Å². The van der Waals surface area contributed by atoms with Crippen molar-refractivity contribution in [3.05, 3.63) is 28.2 Å². The van der Waals surface area contributed by atoms with Crippen molar-refractivity contribution >= 4 is 33.5 Å².